The van der Waals surface area contributed by atoms with E-state index in [1.54, 1.807) is 0 Å². The van der Waals surface area contributed by atoms with Gasteiger partial charge >= 0.3 is 0 Å². The lowest BCUT2D eigenvalue weighted by atomic mass is 10.2. The normalized spacial score (nSPS) is 17.4. The number of nitrogens with one attached hydrogen (secondary N) is 1. The molecule has 1 aliphatic heterocycles. The van der Waals surface area contributed by atoms with Crippen molar-refractivity contribution in [1.82, 2.24) is 25.0 Å². The molecule has 1 N–H and O–H groups in total. The van der Waals surface area contributed by atoms with Crippen LogP contribution in [-0.2, 0) is 20.1 Å². The largest absolute Gasteiger partial charge is 0.349 e. The summed E-state index contributed by atoms with van der Waals surface area (Å²) in [4.78, 5) is 7.26. The lowest BCUT2D eigenvalue weighted by molar-refractivity contribution is 0.374. The van der Waals surface area contributed by atoms with Gasteiger partial charge in [0.25, 0.3) is 0 Å². The maximum absolute atomic E-state index is 4.90. The average Bonchev–Trinajstić information content (AvgIpc) is 2.94. The van der Waals surface area contributed by atoms with Gasteiger partial charge in [-0.1, -0.05) is 30.3 Å². The van der Waals surface area contributed by atoms with E-state index >= 15 is 0 Å². The van der Waals surface area contributed by atoms with E-state index < -0.39 is 0 Å². The minimum atomic E-state index is 0.231. The molecule has 0 radical (unpaired) electrons. The standard InChI is InChI=1S/C19H28N6S/c1-15-22-23-17(24(15)4)13-21-18(20-12-16-8-6-5-7-9-16)25-10-11-26-19(2,3)14-25/h5-9H,10-14H2,1-4H3,(H,20,21). The van der Waals surface area contributed by atoms with E-state index in [4.69, 9.17) is 4.99 Å². The molecule has 0 unspecified atom stereocenters. The molecular weight excluding hydrogens is 344 g/mol. The number of nitrogens with zero attached hydrogens (tertiary/aromatic N) is 5. The Morgan fingerprint density at radius 1 is 1.27 bits per heavy atom. The van der Waals surface area contributed by atoms with Crippen molar-refractivity contribution < 1.29 is 0 Å². The Kier molecular flexibility index (Phi) is 5.86. The maximum Gasteiger partial charge on any atom is 0.194 e. The molecule has 1 aliphatic rings. The summed E-state index contributed by atoms with van der Waals surface area (Å²) in [5.41, 5.74) is 1.21. The van der Waals surface area contributed by atoms with Crippen LogP contribution in [0, 0.1) is 6.92 Å². The molecule has 0 aliphatic carbocycles. The van der Waals surface area contributed by atoms with E-state index in [1.165, 1.54) is 5.56 Å². The third-order valence-electron chi connectivity index (χ3n) is 4.57. The van der Waals surface area contributed by atoms with Gasteiger partial charge in [-0.25, -0.2) is 4.99 Å². The van der Waals surface area contributed by atoms with Crippen LogP contribution in [0.15, 0.2) is 35.3 Å². The molecule has 26 heavy (non-hydrogen) atoms. The topological polar surface area (TPSA) is 58.3 Å². The summed E-state index contributed by atoms with van der Waals surface area (Å²) in [6.07, 6.45) is 0. The highest BCUT2D eigenvalue weighted by Gasteiger charge is 2.29. The van der Waals surface area contributed by atoms with Crippen LogP contribution in [0.3, 0.4) is 0 Å². The lowest BCUT2D eigenvalue weighted by Crippen LogP contribution is -2.50. The first kappa shape index (κ1) is 18.8. The Labute approximate surface area is 160 Å². The summed E-state index contributed by atoms with van der Waals surface area (Å²) in [5, 5.41) is 11.9. The highest BCUT2D eigenvalue weighted by Crippen LogP contribution is 2.29. The monoisotopic (exact) mass is 372 g/mol. The smallest absolute Gasteiger partial charge is 0.194 e. The fourth-order valence-corrected chi connectivity index (χ4v) is 4.09. The van der Waals surface area contributed by atoms with Gasteiger partial charge in [0.1, 0.15) is 5.82 Å². The first-order valence-corrected chi connectivity index (χ1v) is 9.99. The van der Waals surface area contributed by atoms with Crippen LogP contribution in [0.5, 0.6) is 0 Å². The van der Waals surface area contributed by atoms with E-state index in [-0.39, 0.29) is 4.75 Å². The summed E-state index contributed by atoms with van der Waals surface area (Å²) in [6.45, 7) is 9.84. The van der Waals surface area contributed by atoms with Crippen molar-refractivity contribution in [3.05, 3.63) is 47.5 Å². The highest BCUT2D eigenvalue weighted by atomic mass is 32.2. The zero-order valence-corrected chi connectivity index (χ0v) is 16.9. The molecule has 140 valence electrons. The van der Waals surface area contributed by atoms with Gasteiger partial charge in [0, 0.05) is 30.6 Å². The van der Waals surface area contributed by atoms with E-state index in [9.17, 15) is 0 Å². The minimum Gasteiger partial charge on any atom is -0.349 e. The zero-order valence-electron chi connectivity index (χ0n) is 16.1. The first-order valence-electron chi connectivity index (χ1n) is 9.01. The number of aliphatic imine (C=N–C) groups is 1. The zero-order chi connectivity index (χ0) is 18.6. The third-order valence-corrected chi connectivity index (χ3v) is 5.86. The maximum atomic E-state index is 4.90. The predicted molar refractivity (Wildman–Crippen MR) is 108 cm³/mol. The highest BCUT2D eigenvalue weighted by molar-refractivity contribution is 8.00. The molecule has 0 atom stereocenters. The fraction of sp³-hybridized carbons (Fsp3) is 0.526. The fourth-order valence-electron chi connectivity index (χ4n) is 2.98. The van der Waals surface area contributed by atoms with Gasteiger partial charge in [-0.15, -0.1) is 10.2 Å². The summed E-state index contributed by atoms with van der Waals surface area (Å²) in [5.74, 6) is 3.89. The average molecular weight is 373 g/mol. The Bertz CT molecular complexity index is 753. The molecule has 0 amide bonds. The van der Waals surface area contributed by atoms with Gasteiger partial charge < -0.3 is 14.8 Å². The SMILES string of the molecule is Cc1nnc(CNC(=NCc2ccccc2)N2CCSC(C)(C)C2)n1C. The van der Waals surface area contributed by atoms with E-state index in [0.29, 0.717) is 13.1 Å². The second-order valence-corrected chi connectivity index (χ2v) is 9.03. The van der Waals surface area contributed by atoms with Crippen molar-refractivity contribution in [3.63, 3.8) is 0 Å². The minimum absolute atomic E-state index is 0.231. The Morgan fingerprint density at radius 2 is 2.04 bits per heavy atom. The van der Waals surface area contributed by atoms with Crippen LogP contribution in [0.2, 0.25) is 0 Å². The van der Waals surface area contributed by atoms with Crippen molar-refractivity contribution in [2.75, 3.05) is 18.8 Å². The number of aryl methyl sites for hydroxylation is 1. The molecule has 1 saturated heterocycles. The Hall–Kier alpha value is -2.02. The molecule has 0 saturated carbocycles. The van der Waals surface area contributed by atoms with Gasteiger partial charge in [-0.3, -0.25) is 0 Å². The van der Waals surface area contributed by atoms with Gasteiger partial charge in [0.05, 0.1) is 13.1 Å². The number of hydrogen-bond acceptors (Lipinski definition) is 4. The summed E-state index contributed by atoms with van der Waals surface area (Å²) in [7, 11) is 1.99. The molecule has 7 heteroatoms. The van der Waals surface area contributed by atoms with Crippen LogP contribution in [0.4, 0.5) is 0 Å². The van der Waals surface area contributed by atoms with Crippen molar-refractivity contribution in [2.24, 2.45) is 12.0 Å². The molecule has 1 aromatic heterocycles. The van der Waals surface area contributed by atoms with E-state index in [2.05, 4.69) is 58.5 Å². The third kappa shape index (κ3) is 4.78. The molecule has 3 rings (SSSR count). The predicted octanol–water partition coefficient (Wildman–Crippen LogP) is 2.60. The number of aromatic nitrogens is 3. The van der Waals surface area contributed by atoms with E-state index in [0.717, 1.165) is 36.5 Å². The summed E-state index contributed by atoms with van der Waals surface area (Å²) in [6, 6.07) is 10.4. The van der Waals surface area contributed by atoms with Crippen LogP contribution in [0.25, 0.3) is 0 Å². The second kappa shape index (κ2) is 8.12. The van der Waals surface area contributed by atoms with Gasteiger partial charge in [-0.2, -0.15) is 11.8 Å². The van der Waals surface area contributed by atoms with Gasteiger partial charge in [0.2, 0.25) is 0 Å². The molecule has 0 spiro atoms. The molecule has 1 aromatic carbocycles. The molecular formula is C19H28N6S. The number of thioether (sulfide) groups is 1. The molecule has 0 bridgehead atoms. The van der Waals surface area contributed by atoms with Crippen molar-refractivity contribution in [3.8, 4) is 0 Å². The number of hydrogen-bond donors (Lipinski definition) is 1. The molecule has 2 heterocycles. The first-order chi connectivity index (χ1) is 12.4. The molecule has 6 nitrogen and oxygen atoms in total. The van der Waals surface area contributed by atoms with Crippen molar-refractivity contribution in [2.45, 2.75) is 38.6 Å². The Balaban J connectivity index is 1.75. The second-order valence-electron chi connectivity index (χ2n) is 7.23. The Morgan fingerprint density at radius 3 is 2.69 bits per heavy atom. The molecule has 2 aromatic rings. The van der Waals surface area contributed by atoms with Crippen LogP contribution < -0.4 is 5.32 Å². The molecule has 1 fully saturated rings. The quantitative estimate of drug-likeness (QED) is 0.660. The van der Waals surface area contributed by atoms with Crippen LogP contribution in [-0.4, -0.2) is 49.2 Å². The number of benzene rings is 1. The summed E-state index contributed by atoms with van der Waals surface area (Å²) < 4.78 is 2.24. The van der Waals surface area contributed by atoms with Crippen LogP contribution in [0.1, 0.15) is 31.1 Å². The van der Waals surface area contributed by atoms with E-state index in [1.807, 2.05) is 36.4 Å². The lowest BCUT2D eigenvalue weighted by Gasteiger charge is -2.39. The number of rotatable bonds is 4. The van der Waals surface area contributed by atoms with Crippen molar-refractivity contribution in [1.29, 1.82) is 0 Å². The summed E-state index contributed by atoms with van der Waals surface area (Å²) >= 11 is 2.03. The number of guanidine groups is 1. The van der Waals surface area contributed by atoms with Gasteiger partial charge in [0.15, 0.2) is 11.8 Å². The van der Waals surface area contributed by atoms with Crippen molar-refractivity contribution >= 4 is 17.7 Å². The van der Waals surface area contributed by atoms with Gasteiger partial charge in [-0.05, 0) is 26.3 Å². The van der Waals surface area contributed by atoms with Crippen LogP contribution >= 0.6 is 11.8 Å².